The summed E-state index contributed by atoms with van der Waals surface area (Å²) in [5.41, 5.74) is 13.0. The van der Waals surface area contributed by atoms with Gasteiger partial charge in [0.05, 0.1) is 17.6 Å². The summed E-state index contributed by atoms with van der Waals surface area (Å²) >= 11 is 0. The molecule has 0 atom stereocenters. The first kappa shape index (κ1) is 23.0. The fourth-order valence-corrected chi connectivity index (χ4v) is 5.30. The van der Waals surface area contributed by atoms with Crippen LogP contribution in [-0.2, 0) is 19.4 Å². The Morgan fingerprint density at radius 3 is 2.69 bits per heavy atom. The fourth-order valence-electron chi connectivity index (χ4n) is 5.30. The Labute approximate surface area is 211 Å². The van der Waals surface area contributed by atoms with Crippen LogP contribution in [0.25, 0.3) is 11.3 Å². The molecule has 9 heteroatoms. The van der Waals surface area contributed by atoms with Gasteiger partial charge < -0.3 is 16.0 Å². The second-order valence-electron chi connectivity index (χ2n) is 10.4. The number of aryl methyl sites for hydroxylation is 2. The molecule has 1 aromatic carbocycles. The summed E-state index contributed by atoms with van der Waals surface area (Å²) < 4.78 is 3.89. The monoisotopic (exact) mass is 485 g/mol. The molecule has 1 aliphatic heterocycles. The van der Waals surface area contributed by atoms with Crippen molar-refractivity contribution in [2.45, 2.75) is 70.9 Å². The van der Waals surface area contributed by atoms with Gasteiger partial charge in [-0.15, -0.1) is 0 Å². The average Bonchev–Trinajstić information content (AvgIpc) is 3.52. The van der Waals surface area contributed by atoms with Crippen LogP contribution in [0.5, 0.6) is 0 Å². The van der Waals surface area contributed by atoms with E-state index >= 15 is 0 Å². The van der Waals surface area contributed by atoms with Gasteiger partial charge in [0.25, 0.3) is 0 Å². The third kappa shape index (κ3) is 4.32. The van der Waals surface area contributed by atoms with Crippen LogP contribution in [-0.4, -0.2) is 48.5 Å². The Kier molecular flexibility index (Phi) is 6.08. The largest absolute Gasteiger partial charge is 0.350 e. The number of nitrogens with two attached hydrogens (primary N) is 1. The number of fused-ring (bicyclic) bond motifs is 2. The third-order valence-electron chi connectivity index (χ3n) is 7.49. The maximum atomic E-state index is 6.15. The first-order valence-electron chi connectivity index (χ1n) is 13.2. The van der Waals surface area contributed by atoms with Gasteiger partial charge in [0, 0.05) is 37.4 Å². The fraction of sp³-hybridized carbons (Fsp3) is 0.481. The molecule has 4 aromatic rings. The van der Waals surface area contributed by atoms with Crippen LogP contribution in [0.2, 0.25) is 0 Å². The Bertz CT molecular complexity index is 1340. The summed E-state index contributed by atoms with van der Waals surface area (Å²) in [4.78, 5) is 12.1. The van der Waals surface area contributed by atoms with Crippen molar-refractivity contribution in [2.24, 2.45) is 5.73 Å². The number of rotatable bonds is 6. The molecular formula is C27H35N9. The summed E-state index contributed by atoms with van der Waals surface area (Å²) in [5.74, 6) is 1.76. The van der Waals surface area contributed by atoms with E-state index in [1.54, 1.807) is 0 Å². The lowest BCUT2D eigenvalue weighted by Gasteiger charge is -2.30. The van der Waals surface area contributed by atoms with E-state index in [0.29, 0.717) is 18.4 Å². The highest BCUT2D eigenvalue weighted by Crippen LogP contribution is 2.26. The van der Waals surface area contributed by atoms with E-state index in [4.69, 9.17) is 20.8 Å². The van der Waals surface area contributed by atoms with Gasteiger partial charge in [0.1, 0.15) is 0 Å². The Morgan fingerprint density at radius 1 is 1.08 bits per heavy atom. The Hall–Kier alpha value is -3.46. The van der Waals surface area contributed by atoms with E-state index in [0.717, 1.165) is 67.2 Å². The zero-order valence-electron chi connectivity index (χ0n) is 21.2. The summed E-state index contributed by atoms with van der Waals surface area (Å²) in [6, 6.07) is 8.69. The van der Waals surface area contributed by atoms with Crippen molar-refractivity contribution in [2.75, 3.05) is 23.3 Å². The maximum absolute atomic E-state index is 6.15. The smallest absolute Gasteiger partial charge is 0.230 e. The Morgan fingerprint density at radius 2 is 1.89 bits per heavy atom. The highest BCUT2D eigenvalue weighted by molar-refractivity contribution is 5.57. The number of nitrogens with one attached hydrogen (secondary N) is 1. The van der Waals surface area contributed by atoms with Crippen LogP contribution in [0.3, 0.4) is 0 Å². The van der Waals surface area contributed by atoms with Crippen LogP contribution in [0, 0.1) is 0 Å². The van der Waals surface area contributed by atoms with Crippen molar-refractivity contribution in [3.8, 4) is 5.69 Å². The quantitative estimate of drug-likeness (QED) is 0.428. The van der Waals surface area contributed by atoms with Gasteiger partial charge in [-0.25, -0.2) is 4.68 Å². The van der Waals surface area contributed by atoms with Crippen LogP contribution >= 0.6 is 0 Å². The molecule has 0 amide bonds. The molecule has 0 radical (unpaired) electrons. The number of nitrogens with zero attached hydrogens (tertiary/aromatic N) is 7. The van der Waals surface area contributed by atoms with Crippen LogP contribution < -0.4 is 16.0 Å². The molecular weight excluding hydrogens is 450 g/mol. The molecule has 2 aliphatic rings. The Balaban J connectivity index is 1.33. The minimum atomic E-state index is 0.258. The summed E-state index contributed by atoms with van der Waals surface area (Å²) in [7, 11) is 0. The van der Waals surface area contributed by atoms with Crippen molar-refractivity contribution in [1.82, 2.24) is 29.4 Å². The van der Waals surface area contributed by atoms with Gasteiger partial charge in [-0.3, -0.25) is 0 Å². The number of para-hydroxylation sites is 1. The lowest BCUT2D eigenvalue weighted by Crippen LogP contribution is -2.40. The first-order chi connectivity index (χ1) is 17.6. The molecule has 1 fully saturated rings. The number of anilines is 2. The zero-order chi connectivity index (χ0) is 24.6. The lowest BCUT2D eigenvalue weighted by molar-refractivity contribution is 0.495. The van der Waals surface area contributed by atoms with Crippen molar-refractivity contribution >= 4 is 17.5 Å². The molecule has 0 saturated carbocycles. The van der Waals surface area contributed by atoms with E-state index in [1.807, 2.05) is 10.7 Å². The molecule has 9 nitrogen and oxygen atoms in total. The predicted molar refractivity (Wildman–Crippen MR) is 142 cm³/mol. The second-order valence-corrected chi connectivity index (χ2v) is 10.4. The van der Waals surface area contributed by atoms with Gasteiger partial charge in [0.2, 0.25) is 11.9 Å². The van der Waals surface area contributed by atoms with Gasteiger partial charge in [-0.05, 0) is 61.6 Å². The SMILES string of the molecule is CC(C)c1cnn2c(NCc3ccccc3-n3cc4c(n3)CCCC4)nc(N3CCC(N)CC3)nc12. The molecule has 6 rings (SSSR count). The van der Waals surface area contributed by atoms with Crippen molar-refractivity contribution in [3.05, 3.63) is 59.0 Å². The van der Waals surface area contributed by atoms with Crippen molar-refractivity contribution < 1.29 is 0 Å². The average molecular weight is 486 g/mol. The molecule has 1 aliphatic carbocycles. The van der Waals surface area contributed by atoms with Gasteiger partial charge in [-0.2, -0.15) is 24.7 Å². The molecule has 36 heavy (non-hydrogen) atoms. The summed E-state index contributed by atoms with van der Waals surface area (Å²) in [6.45, 7) is 6.69. The van der Waals surface area contributed by atoms with Gasteiger partial charge in [0.15, 0.2) is 5.65 Å². The number of hydrogen-bond donors (Lipinski definition) is 2. The lowest BCUT2D eigenvalue weighted by atomic mass is 9.99. The first-order valence-corrected chi connectivity index (χ1v) is 13.2. The second kappa shape index (κ2) is 9.54. The third-order valence-corrected chi connectivity index (χ3v) is 7.49. The van der Waals surface area contributed by atoms with E-state index in [2.05, 4.69) is 64.3 Å². The van der Waals surface area contributed by atoms with Crippen molar-refractivity contribution in [1.29, 1.82) is 0 Å². The molecule has 1 saturated heterocycles. The topological polar surface area (TPSA) is 102 Å². The maximum Gasteiger partial charge on any atom is 0.230 e. The summed E-state index contributed by atoms with van der Waals surface area (Å²) in [6.07, 6.45) is 10.7. The van der Waals surface area contributed by atoms with Crippen LogP contribution in [0.1, 0.15) is 67.8 Å². The molecule has 188 valence electrons. The molecule has 0 spiro atoms. The number of aromatic nitrogens is 6. The predicted octanol–water partition coefficient (Wildman–Crippen LogP) is 3.85. The minimum absolute atomic E-state index is 0.258. The number of piperidine rings is 1. The van der Waals surface area contributed by atoms with Crippen LogP contribution in [0.4, 0.5) is 11.9 Å². The van der Waals surface area contributed by atoms with E-state index < -0.39 is 0 Å². The van der Waals surface area contributed by atoms with E-state index in [1.165, 1.54) is 24.1 Å². The highest BCUT2D eigenvalue weighted by atomic mass is 15.4. The normalized spacial score (nSPS) is 16.6. The van der Waals surface area contributed by atoms with Gasteiger partial charge >= 0.3 is 0 Å². The van der Waals surface area contributed by atoms with Gasteiger partial charge in [-0.1, -0.05) is 32.0 Å². The summed E-state index contributed by atoms with van der Waals surface area (Å²) in [5, 5.41) is 13.1. The molecule has 3 aromatic heterocycles. The van der Waals surface area contributed by atoms with Crippen LogP contribution in [0.15, 0.2) is 36.7 Å². The molecule has 0 bridgehead atoms. The highest BCUT2D eigenvalue weighted by Gasteiger charge is 2.22. The molecule has 3 N–H and O–H groups in total. The number of hydrogen-bond acceptors (Lipinski definition) is 7. The number of benzene rings is 1. The standard InChI is InChI=1S/C27H35N9/c1-18(2)22-16-30-36-25(22)31-27(34-13-11-21(28)12-14-34)32-26(36)29-15-19-7-4-6-10-24(19)35-17-20-8-3-5-9-23(20)33-35/h4,6-7,10,16-18,21H,3,5,8-9,11-15,28H2,1-2H3,(H,29,31,32). The van der Waals surface area contributed by atoms with Crippen molar-refractivity contribution in [3.63, 3.8) is 0 Å². The molecule has 0 unspecified atom stereocenters. The zero-order valence-corrected chi connectivity index (χ0v) is 21.2. The van der Waals surface area contributed by atoms with E-state index in [9.17, 15) is 0 Å². The van der Waals surface area contributed by atoms with E-state index in [-0.39, 0.29) is 6.04 Å². The molecule has 4 heterocycles. The minimum Gasteiger partial charge on any atom is -0.350 e.